The molecule has 1 aromatic rings. The molecule has 1 amide bonds. The van der Waals surface area contributed by atoms with E-state index in [9.17, 15) is 4.79 Å². The zero-order valence-corrected chi connectivity index (χ0v) is 11.6. The second-order valence-electron chi connectivity index (χ2n) is 4.18. The van der Waals surface area contributed by atoms with Gasteiger partial charge in [-0.2, -0.15) is 11.8 Å². The maximum Gasteiger partial charge on any atom is 0.225 e. The standard InChI is InChI=1S/C13H20N2O2S/c1-9(8-16)18-7-6-13(17)15-12-5-3-4-11(14)10(12)2/h3-5,9,16H,6-8,14H2,1-2H3,(H,15,17). The number of nitrogens with one attached hydrogen (secondary N) is 1. The van der Waals surface area contributed by atoms with Gasteiger partial charge >= 0.3 is 0 Å². The molecule has 0 spiro atoms. The lowest BCUT2D eigenvalue weighted by Gasteiger charge is -2.11. The number of thioether (sulfide) groups is 1. The normalized spacial score (nSPS) is 12.2. The van der Waals surface area contributed by atoms with Crippen molar-refractivity contribution in [3.8, 4) is 0 Å². The van der Waals surface area contributed by atoms with E-state index in [4.69, 9.17) is 10.8 Å². The maximum absolute atomic E-state index is 11.7. The molecule has 0 saturated carbocycles. The average Bonchev–Trinajstić information content (AvgIpc) is 2.34. The van der Waals surface area contributed by atoms with Crippen molar-refractivity contribution >= 4 is 29.0 Å². The summed E-state index contributed by atoms with van der Waals surface area (Å²) in [4.78, 5) is 11.7. The van der Waals surface area contributed by atoms with Gasteiger partial charge in [-0.25, -0.2) is 0 Å². The van der Waals surface area contributed by atoms with Crippen LogP contribution in [0.5, 0.6) is 0 Å². The fourth-order valence-electron chi connectivity index (χ4n) is 1.41. The second-order valence-corrected chi connectivity index (χ2v) is 5.73. The molecule has 0 fully saturated rings. The van der Waals surface area contributed by atoms with Crippen molar-refractivity contribution in [1.29, 1.82) is 0 Å². The van der Waals surface area contributed by atoms with Gasteiger partial charge in [0.05, 0.1) is 6.61 Å². The fraction of sp³-hybridized carbons (Fsp3) is 0.462. The quantitative estimate of drug-likeness (QED) is 0.690. The molecule has 1 unspecified atom stereocenters. The van der Waals surface area contributed by atoms with Crippen molar-refractivity contribution in [1.82, 2.24) is 0 Å². The molecule has 100 valence electrons. The van der Waals surface area contributed by atoms with Gasteiger partial charge in [0.25, 0.3) is 0 Å². The molecule has 0 aliphatic carbocycles. The number of hydrogen-bond acceptors (Lipinski definition) is 4. The van der Waals surface area contributed by atoms with E-state index < -0.39 is 0 Å². The van der Waals surface area contributed by atoms with E-state index in [0.29, 0.717) is 17.9 Å². The number of benzene rings is 1. The summed E-state index contributed by atoms with van der Waals surface area (Å²) in [6.45, 7) is 3.96. The second kappa shape index (κ2) is 7.28. The van der Waals surface area contributed by atoms with E-state index in [1.807, 2.05) is 32.0 Å². The van der Waals surface area contributed by atoms with Crippen LogP contribution in [0.25, 0.3) is 0 Å². The Kier molecular flexibility index (Phi) is 6.01. The molecule has 0 aliphatic rings. The topological polar surface area (TPSA) is 75.3 Å². The Morgan fingerprint density at radius 2 is 2.28 bits per heavy atom. The molecule has 0 aromatic heterocycles. The third-order valence-corrected chi connectivity index (χ3v) is 3.80. The molecule has 4 N–H and O–H groups in total. The molecule has 0 bridgehead atoms. The number of amides is 1. The summed E-state index contributed by atoms with van der Waals surface area (Å²) < 4.78 is 0. The number of aliphatic hydroxyl groups excluding tert-OH is 1. The Morgan fingerprint density at radius 3 is 2.94 bits per heavy atom. The number of hydrogen-bond donors (Lipinski definition) is 3. The van der Waals surface area contributed by atoms with E-state index in [2.05, 4.69) is 5.32 Å². The number of carbonyl (C=O) groups excluding carboxylic acids is 1. The van der Waals surface area contributed by atoms with Gasteiger partial charge in [0, 0.05) is 28.8 Å². The minimum atomic E-state index is -0.0265. The first kappa shape index (κ1) is 14.9. The Labute approximate surface area is 112 Å². The van der Waals surface area contributed by atoms with Crippen molar-refractivity contribution < 1.29 is 9.90 Å². The third-order valence-electron chi connectivity index (χ3n) is 2.64. The van der Waals surface area contributed by atoms with Crippen LogP contribution in [0.2, 0.25) is 0 Å². The fourth-order valence-corrected chi connectivity index (χ4v) is 2.22. The maximum atomic E-state index is 11.7. The SMILES string of the molecule is Cc1c(N)cccc1NC(=O)CCSC(C)CO. The highest BCUT2D eigenvalue weighted by atomic mass is 32.2. The molecular formula is C13H20N2O2S. The van der Waals surface area contributed by atoms with Gasteiger partial charge in [0.2, 0.25) is 5.91 Å². The summed E-state index contributed by atoms with van der Waals surface area (Å²) in [6, 6.07) is 5.47. The smallest absolute Gasteiger partial charge is 0.225 e. The van der Waals surface area contributed by atoms with Crippen molar-refractivity contribution in [3.63, 3.8) is 0 Å². The number of anilines is 2. The van der Waals surface area contributed by atoms with Crippen LogP contribution in [-0.2, 0) is 4.79 Å². The summed E-state index contributed by atoms with van der Waals surface area (Å²) in [7, 11) is 0. The van der Waals surface area contributed by atoms with Gasteiger partial charge in [0.15, 0.2) is 0 Å². The van der Waals surface area contributed by atoms with Crippen LogP contribution in [0.3, 0.4) is 0 Å². The Morgan fingerprint density at radius 1 is 1.56 bits per heavy atom. The summed E-state index contributed by atoms with van der Waals surface area (Å²) in [5.41, 5.74) is 8.10. The van der Waals surface area contributed by atoms with Crippen LogP contribution in [0.4, 0.5) is 11.4 Å². The minimum Gasteiger partial charge on any atom is -0.398 e. The first-order chi connectivity index (χ1) is 8.54. The van der Waals surface area contributed by atoms with Crippen molar-refractivity contribution in [2.75, 3.05) is 23.4 Å². The lowest BCUT2D eigenvalue weighted by atomic mass is 10.1. The molecule has 18 heavy (non-hydrogen) atoms. The van der Waals surface area contributed by atoms with Crippen LogP contribution in [0.15, 0.2) is 18.2 Å². The molecule has 0 aliphatic heterocycles. The zero-order chi connectivity index (χ0) is 13.5. The van der Waals surface area contributed by atoms with Crippen molar-refractivity contribution in [2.24, 2.45) is 0 Å². The first-order valence-corrected chi connectivity index (χ1v) is 6.97. The van der Waals surface area contributed by atoms with E-state index in [-0.39, 0.29) is 17.8 Å². The molecular weight excluding hydrogens is 248 g/mol. The first-order valence-electron chi connectivity index (χ1n) is 5.92. The number of nitrogens with two attached hydrogens (primary N) is 1. The van der Waals surface area contributed by atoms with Crippen LogP contribution < -0.4 is 11.1 Å². The Balaban J connectivity index is 2.43. The number of carbonyl (C=O) groups is 1. The molecule has 0 saturated heterocycles. The third kappa shape index (κ3) is 4.58. The number of rotatable bonds is 6. The Bertz CT molecular complexity index is 410. The molecule has 1 rings (SSSR count). The van der Waals surface area contributed by atoms with Crippen LogP contribution in [-0.4, -0.2) is 28.6 Å². The summed E-state index contributed by atoms with van der Waals surface area (Å²) in [5.74, 6) is 0.677. The van der Waals surface area contributed by atoms with Crippen LogP contribution in [0.1, 0.15) is 18.9 Å². The zero-order valence-electron chi connectivity index (χ0n) is 10.8. The average molecular weight is 268 g/mol. The van der Waals surface area contributed by atoms with Gasteiger partial charge in [-0.3, -0.25) is 4.79 Å². The summed E-state index contributed by atoms with van der Waals surface area (Å²) in [5, 5.41) is 11.9. The molecule has 1 atom stereocenters. The van der Waals surface area contributed by atoms with E-state index in [0.717, 1.165) is 11.3 Å². The highest BCUT2D eigenvalue weighted by Gasteiger charge is 2.07. The minimum absolute atomic E-state index is 0.0265. The van der Waals surface area contributed by atoms with Crippen LogP contribution >= 0.6 is 11.8 Å². The number of nitrogen functional groups attached to an aromatic ring is 1. The highest BCUT2D eigenvalue weighted by Crippen LogP contribution is 2.20. The van der Waals surface area contributed by atoms with Crippen molar-refractivity contribution in [2.45, 2.75) is 25.5 Å². The van der Waals surface area contributed by atoms with Crippen LogP contribution in [0, 0.1) is 6.92 Å². The number of aliphatic hydroxyl groups is 1. The monoisotopic (exact) mass is 268 g/mol. The molecule has 5 heteroatoms. The summed E-state index contributed by atoms with van der Waals surface area (Å²) >= 11 is 1.59. The predicted octanol–water partition coefficient (Wildman–Crippen LogP) is 2.02. The van der Waals surface area contributed by atoms with Gasteiger partial charge in [0.1, 0.15) is 0 Å². The van der Waals surface area contributed by atoms with Gasteiger partial charge < -0.3 is 16.2 Å². The molecule has 4 nitrogen and oxygen atoms in total. The highest BCUT2D eigenvalue weighted by molar-refractivity contribution is 7.99. The summed E-state index contributed by atoms with van der Waals surface area (Å²) in [6.07, 6.45) is 0.434. The van der Waals surface area contributed by atoms with Crippen molar-refractivity contribution in [3.05, 3.63) is 23.8 Å². The van der Waals surface area contributed by atoms with Gasteiger partial charge in [-0.1, -0.05) is 13.0 Å². The van der Waals surface area contributed by atoms with E-state index in [1.165, 1.54) is 0 Å². The molecule has 0 heterocycles. The Hall–Kier alpha value is -1.20. The van der Waals surface area contributed by atoms with E-state index in [1.54, 1.807) is 11.8 Å². The lowest BCUT2D eigenvalue weighted by Crippen LogP contribution is -2.14. The molecule has 0 radical (unpaired) electrons. The largest absolute Gasteiger partial charge is 0.398 e. The van der Waals surface area contributed by atoms with E-state index >= 15 is 0 Å². The lowest BCUT2D eigenvalue weighted by molar-refractivity contribution is -0.115. The van der Waals surface area contributed by atoms with Gasteiger partial charge in [-0.15, -0.1) is 0 Å². The predicted molar refractivity (Wildman–Crippen MR) is 77.8 cm³/mol. The molecule has 1 aromatic carbocycles. The van der Waals surface area contributed by atoms with Gasteiger partial charge in [-0.05, 0) is 24.6 Å².